The van der Waals surface area contributed by atoms with Crippen LogP contribution in [0.5, 0.6) is 5.75 Å². The average molecular weight is 516 g/mol. The summed E-state index contributed by atoms with van der Waals surface area (Å²) in [5.74, 6) is 2.05. The lowest BCUT2D eigenvalue weighted by molar-refractivity contribution is 0.0599. The fourth-order valence-corrected chi connectivity index (χ4v) is 5.39. The van der Waals surface area contributed by atoms with Crippen molar-refractivity contribution in [2.75, 3.05) is 32.5 Å². The lowest BCUT2D eigenvalue weighted by atomic mass is 9.88. The third-order valence-corrected chi connectivity index (χ3v) is 7.56. The number of likely N-dealkylation sites (tertiary alicyclic amines) is 1. The first-order chi connectivity index (χ1) is 18.2. The van der Waals surface area contributed by atoms with Crippen molar-refractivity contribution in [1.82, 2.24) is 15.1 Å². The number of ether oxygens (including phenoxy) is 1. The molecule has 1 aliphatic heterocycles. The number of hydrogen-bond donors (Lipinski definition) is 1. The molecule has 37 heavy (non-hydrogen) atoms. The molecular formula is C29H29N3O4S. The van der Waals surface area contributed by atoms with Gasteiger partial charge in [-0.2, -0.15) is 0 Å². The minimum absolute atomic E-state index is 0.210. The number of β-amino-alcohol motifs (C(OH)–C–C–N with tert-alkyl or cyclic N) is 1. The number of hydrogen-bond acceptors (Lipinski definition) is 8. The van der Waals surface area contributed by atoms with Gasteiger partial charge in [-0.25, -0.2) is 0 Å². The molecule has 190 valence electrons. The largest absolute Gasteiger partial charge is 0.490 e. The maximum Gasteiger partial charge on any atom is 0.284 e. The maximum atomic E-state index is 10.7. The fraction of sp³-hybridized carbons (Fsp3) is 0.310. The van der Waals surface area contributed by atoms with E-state index in [1.54, 1.807) is 0 Å². The van der Waals surface area contributed by atoms with Crippen molar-refractivity contribution in [2.45, 2.75) is 30.1 Å². The zero-order chi connectivity index (χ0) is 25.2. The van der Waals surface area contributed by atoms with Gasteiger partial charge in [-0.15, -0.1) is 10.2 Å². The van der Waals surface area contributed by atoms with Gasteiger partial charge in [-0.3, -0.25) is 0 Å². The molecule has 0 bridgehead atoms. The van der Waals surface area contributed by atoms with Crippen molar-refractivity contribution in [3.8, 4) is 17.4 Å². The standard InChI is InChI=1S/C29H29N3O4S/c1-37-29-31-30-28(36-29)27-16-24-25(7-4-8-26(24)35-27)34-18-23(33)17-32-13-11-20(12-14-32)22-10-9-19-5-2-3-6-21(19)15-22/h2-10,15-16,20,23,33H,11-14,17-18H2,1H3/t23-/m0/s1. The van der Waals surface area contributed by atoms with Crippen molar-refractivity contribution in [3.05, 3.63) is 72.3 Å². The molecule has 6 rings (SSSR count). The second kappa shape index (κ2) is 10.6. The van der Waals surface area contributed by atoms with E-state index in [9.17, 15) is 5.11 Å². The molecule has 7 nitrogen and oxygen atoms in total. The van der Waals surface area contributed by atoms with E-state index in [-0.39, 0.29) is 6.61 Å². The monoisotopic (exact) mass is 515 g/mol. The molecule has 0 radical (unpaired) electrons. The second-order valence-corrected chi connectivity index (χ2v) is 10.3. The van der Waals surface area contributed by atoms with Gasteiger partial charge < -0.3 is 23.6 Å². The van der Waals surface area contributed by atoms with Gasteiger partial charge >= 0.3 is 0 Å². The summed E-state index contributed by atoms with van der Waals surface area (Å²) in [6.07, 6.45) is 3.48. The van der Waals surface area contributed by atoms with Crippen molar-refractivity contribution in [1.29, 1.82) is 0 Å². The van der Waals surface area contributed by atoms with E-state index in [2.05, 4.69) is 57.6 Å². The molecule has 3 heterocycles. The van der Waals surface area contributed by atoms with Crippen LogP contribution < -0.4 is 4.74 Å². The van der Waals surface area contributed by atoms with Crippen LogP contribution in [-0.4, -0.2) is 58.8 Å². The summed E-state index contributed by atoms with van der Waals surface area (Å²) in [4.78, 5) is 2.33. The first-order valence-corrected chi connectivity index (χ1v) is 13.8. The molecule has 1 atom stereocenters. The summed E-state index contributed by atoms with van der Waals surface area (Å²) in [5, 5.41) is 22.6. The molecule has 0 unspecified atom stereocenters. The van der Waals surface area contributed by atoms with E-state index in [1.807, 2.05) is 30.5 Å². The van der Waals surface area contributed by atoms with Gasteiger partial charge in [0.2, 0.25) is 0 Å². The highest BCUT2D eigenvalue weighted by atomic mass is 32.2. The Labute approximate surface area is 219 Å². The van der Waals surface area contributed by atoms with Crippen LogP contribution in [0.4, 0.5) is 0 Å². The van der Waals surface area contributed by atoms with Crippen LogP contribution in [0.15, 0.2) is 80.8 Å². The molecule has 0 spiro atoms. The molecule has 1 aliphatic rings. The summed E-state index contributed by atoms with van der Waals surface area (Å²) >= 11 is 1.38. The van der Waals surface area contributed by atoms with Crippen LogP contribution in [-0.2, 0) is 0 Å². The van der Waals surface area contributed by atoms with E-state index in [1.165, 1.54) is 28.1 Å². The summed E-state index contributed by atoms with van der Waals surface area (Å²) in [6.45, 7) is 2.74. The van der Waals surface area contributed by atoms with Crippen molar-refractivity contribution in [2.24, 2.45) is 0 Å². The number of rotatable bonds is 8. The number of aromatic nitrogens is 2. The first kappa shape index (κ1) is 24.0. The van der Waals surface area contributed by atoms with E-state index >= 15 is 0 Å². The van der Waals surface area contributed by atoms with Crippen molar-refractivity contribution < 1.29 is 18.7 Å². The lowest BCUT2D eigenvalue weighted by Crippen LogP contribution is -2.40. The minimum atomic E-state index is -0.584. The lowest BCUT2D eigenvalue weighted by Gasteiger charge is -2.33. The van der Waals surface area contributed by atoms with Crippen LogP contribution in [0.3, 0.4) is 0 Å². The number of aliphatic hydroxyl groups is 1. The Kier molecular flexibility index (Phi) is 6.87. The maximum absolute atomic E-state index is 10.7. The van der Waals surface area contributed by atoms with E-state index < -0.39 is 6.10 Å². The third kappa shape index (κ3) is 5.23. The van der Waals surface area contributed by atoms with Crippen LogP contribution in [0.25, 0.3) is 33.4 Å². The summed E-state index contributed by atoms with van der Waals surface area (Å²) < 4.78 is 17.5. The van der Waals surface area contributed by atoms with E-state index in [4.69, 9.17) is 13.6 Å². The van der Waals surface area contributed by atoms with Gasteiger partial charge in [0.25, 0.3) is 11.1 Å². The normalized spacial score (nSPS) is 15.9. The Morgan fingerprint density at radius 2 is 1.84 bits per heavy atom. The molecular weight excluding hydrogens is 486 g/mol. The summed E-state index contributed by atoms with van der Waals surface area (Å²) in [5.41, 5.74) is 2.08. The molecule has 0 saturated carbocycles. The zero-order valence-corrected chi connectivity index (χ0v) is 21.5. The SMILES string of the molecule is CSc1nnc(-c2cc3c(OC[C@@H](O)CN4CCC(c5ccc6ccccc6c5)CC4)cccc3o2)o1. The van der Waals surface area contributed by atoms with Crippen LogP contribution in [0, 0.1) is 0 Å². The van der Waals surface area contributed by atoms with Crippen LogP contribution in [0.2, 0.25) is 0 Å². The number of piperidine rings is 1. The smallest absolute Gasteiger partial charge is 0.284 e. The summed E-state index contributed by atoms with van der Waals surface area (Å²) in [6, 6.07) is 22.8. The molecule has 1 saturated heterocycles. The molecule has 8 heteroatoms. The van der Waals surface area contributed by atoms with Crippen LogP contribution in [0.1, 0.15) is 24.3 Å². The number of benzene rings is 3. The second-order valence-electron chi connectivity index (χ2n) is 9.50. The van der Waals surface area contributed by atoms with Gasteiger partial charge in [0, 0.05) is 12.6 Å². The highest BCUT2D eigenvalue weighted by molar-refractivity contribution is 7.98. The zero-order valence-electron chi connectivity index (χ0n) is 20.7. The molecule has 0 aliphatic carbocycles. The van der Waals surface area contributed by atoms with Gasteiger partial charge in [-0.05, 0) is 66.6 Å². The molecule has 0 amide bonds. The predicted molar refractivity (Wildman–Crippen MR) is 145 cm³/mol. The molecule has 1 fully saturated rings. The summed E-state index contributed by atoms with van der Waals surface area (Å²) in [7, 11) is 0. The van der Waals surface area contributed by atoms with Gasteiger partial charge in [0.15, 0.2) is 5.76 Å². The number of aliphatic hydroxyl groups excluding tert-OH is 1. The Bertz CT molecular complexity index is 1510. The quantitative estimate of drug-likeness (QED) is 0.253. The molecule has 2 aromatic heterocycles. The van der Waals surface area contributed by atoms with Gasteiger partial charge in [0.1, 0.15) is 24.0 Å². The fourth-order valence-electron chi connectivity index (χ4n) is 5.10. The first-order valence-electron chi connectivity index (χ1n) is 12.6. The average Bonchev–Trinajstić information content (AvgIpc) is 3.59. The van der Waals surface area contributed by atoms with E-state index in [0.29, 0.717) is 40.7 Å². The molecule has 3 aromatic carbocycles. The number of furan rings is 1. The highest BCUT2D eigenvalue weighted by Crippen LogP contribution is 2.34. The Morgan fingerprint density at radius 1 is 1.00 bits per heavy atom. The Hall–Kier alpha value is -3.33. The third-order valence-electron chi connectivity index (χ3n) is 7.05. The molecule has 1 N–H and O–H groups in total. The molecule has 5 aromatic rings. The predicted octanol–water partition coefficient (Wildman–Crippen LogP) is 5.98. The van der Waals surface area contributed by atoms with Crippen LogP contribution >= 0.6 is 11.8 Å². The van der Waals surface area contributed by atoms with Crippen molar-refractivity contribution in [3.63, 3.8) is 0 Å². The number of fused-ring (bicyclic) bond motifs is 2. The van der Waals surface area contributed by atoms with Crippen molar-refractivity contribution >= 4 is 33.5 Å². The van der Waals surface area contributed by atoms with Gasteiger partial charge in [-0.1, -0.05) is 60.3 Å². The number of nitrogens with zero attached hydrogens (tertiary/aromatic N) is 3. The Balaban J connectivity index is 1.04. The van der Waals surface area contributed by atoms with Gasteiger partial charge in [0.05, 0.1) is 5.39 Å². The topological polar surface area (TPSA) is 84.8 Å². The number of thioether (sulfide) groups is 1. The highest BCUT2D eigenvalue weighted by Gasteiger charge is 2.23. The minimum Gasteiger partial charge on any atom is -0.490 e. The Morgan fingerprint density at radius 3 is 2.65 bits per heavy atom. The van der Waals surface area contributed by atoms with E-state index in [0.717, 1.165) is 31.3 Å².